The highest BCUT2D eigenvalue weighted by Gasteiger charge is 2.14. The molecule has 0 saturated carbocycles. The van der Waals surface area contributed by atoms with Crippen molar-refractivity contribution in [2.24, 2.45) is 0 Å². The molecule has 2 rings (SSSR count). The zero-order valence-electron chi connectivity index (χ0n) is 9.80. The van der Waals surface area contributed by atoms with Crippen LogP contribution in [0.15, 0.2) is 39.6 Å². The predicted molar refractivity (Wildman–Crippen MR) is 69.0 cm³/mol. The number of hydrogen-bond acceptors (Lipinski definition) is 4. The van der Waals surface area contributed by atoms with Crippen molar-refractivity contribution in [2.75, 3.05) is 6.54 Å². The Morgan fingerprint density at radius 2 is 2.35 bits per heavy atom. The third-order valence-electron chi connectivity index (χ3n) is 2.78. The van der Waals surface area contributed by atoms with Gasteiger partial charge in [-0.15, -0.1) is 0 Å². The number of aliphatic hydroxyl groups is 1. The lowest BCUT2D eigenvalue weighted by Crippen LogP contribution is -2.25. The molecule has 0 spiro atoms. The molecule has 92 valence electrons. The molecular formula is C13H17NO2S. The summed E-state index contributed by atoms with van der Waals surface area (Å²) in [4.78, 5) is 0. The Morgan fingerprint density at radius 3 is 2.94 bits per heavy atom. The SMILES string of the molecule is CCC(NCC(O)c1ccsc1)c1ccco1. The van der Waals surface area contributed by atoms with Crippen molar-refractivity contribution < 1.29 is 9.52 Å². The fourth-order valence-corrected chi connectivity index (χ4v) is 2.48. The average molecular weight is 251 g/mol. The molecule has 0 aliphatic carbocycles. The molecule has 2 N–H and O–H groups in total. The number of nitrogens with one attached hydrogen (secondary N) is 1. The van der Waals surface area contributed by atoms with Crippen LogP contribution in [0.3, 0.4) is 0 Å². The van der Waals surface area contributed by atoms with Crippen LogP contribution in [0.5, 0.6) is 0 Å². The summed E-state index contributed by atoms with van der Waals surface area (Å²) < 4.78 is 5.37. The first kappa shape index (κ1) is 12.4. The summed E-state index contributed by atoms with van der Waals surface area (Å²) in [5.74, 6) is 0.921. The van der Waals surface area contributed by atoms with Gasteiger partial charge in [-0.3, -0.25) is 0 Å². The number of aliphatic hydroxyl groups excluding tert-OH is 1. The number of thiophene rings is 1. The van der Waals surface area contributed by atoms with Crippen molar-refractivity contribution >= 4 is 11.3 Å². The predicted octanol–water partition coefficient (Wildman–Crippen LogP) is 3.12. The monoisotopic (exact) mass is 251 g/mol. The molecule has 17 heavy (non-hydrogen) atoms. The van der Waals surface area contributed by atoms with E-state index < -0.39 is 6.10 Å². The lowest BCUT2D eigenvalue weighted by atomic mass is 10.1. The van der Waals surface area contributed by atoms with E-state index in [0.29, 0.717) is 6.54 Å². The molecule has 0 amide bonds. The van der Waals surface area contributed by atoms with Crippen molar-refractivity contribution in [1.82, 2.24) is 5.32 Å². The van der Waals surface area contributed by atoms with E-state index in [1.165, 1.54) is 0 Å². The van der Waals surface area contributed by atoms with Crippen LogP contribution in [0.2, 0.25) is 0 Å². The first-order valence-corrected chi connectivity index (χ1v) is 6.72. The maximum absolute atomic E-state index is 9.96. The van der Waals surface area contributed by atoms with Gasteiger partial charge in [-0.2, -0.15) is 11.3 Å². The summed E-state index contributed by atoms with van der Waals surface area (Å²) in [7, 11) is 0. The first-order chi connectivity index (χ1) is 8.31. The fraction of sp³-hybridized carbons (Fsp3) is 0.385. The normalized spacial score (nSPS) is 14.7. The lowest BCUT2D eigenvalue weighted by Gasteiger charge is -2.17. The summed E-state index contributed by atoms with van der Waals surface area (Å²) in [5.41, 5.74) is 0.969. The van der Waals surface area contributed by atoms with E-state index in [-0.39, 0.29) is 6.04 Å². The van der Waals surface area contributed by atoms with E-state index in [0.717, 1.165) is 17.7 Å². The van der Waals surface area contributed by atoms with Gasteiger partial charge in [0.05, 0.1) is 18.4 Å². The van der Waals surface area contributed by atoms with E-state index in [1.54, 1.807) is 17.6 Å². The highest BCUT2D eigenvalue weighted by Crippen LogP contribution is 2.19. The van der Waals surface area contributed by atoms with Crippen LogP contribution < -0.4 is 5.32 Å². The smallest absolute Gasteiger partial charge is 0.120 e. The van der Waals surface area contributed by atoms with Gasteiger partial charge in [0.15, 0.2) is 0 Å². The van der Waals surface area contributed by atoms with Crippen LogP contribution in [-0.4, -0.2) is 11.7 Å². The van der Waals surface area contributed by atoms with Crippen LogP contribution >= 0.6 is 11.3 Å². The molecule has 0 aliphatic heterocycles. The standard InChI is InChI=1S/C13H17NO2S/c1-2-11(13-4-3-6-16-13)14-8-12(15)10-5-7-17-9-10/h3-7,9,11-12,14-15H,2,8H2,1H3. The molecule has 0 aliphatic rings. The maximum atomic E-state index is 9.96. The molecule has 3 nitrogen and oxygen atoms in total. The Hall–Kier alpha value is -1.10. The molecule has 0 fully saturated rings. The second-order valence-electron chi connectivity index (χ2n) is 3.96. The van der Waals surface area contributed by atoms with Gasteiger partial charge >= 0.3 is 0 Å². The second-order valence-corrected chi connectivity index (χ2v) is 4.74. The molecular weight excluding hydrogens is 234 g/mol. The van der Waals surface area contributed by atoms with Gasteiger partial charge in [-0.05, 0) is 40.9 Å². The van der Waals surface area contributed by atoms with Crippen LogP contribution in [0.4, 0.5) is 0 Å². The summed E-state index contributed by atoms with van der Waals surface area (Å²) in [6.07, 6.45) is 2.16. The van der Waals surface area contributed by atoms with Crippen LogP contribution in [0.25, 0.3) is 0 Å². The first-order valence-electron chi connectivity index (χ1n) is 5.78. The Kier molecular flexibility index (Phi) is 4.36. The highest BCUT2D eigenvalue weighted by atomic mass is 32.1. The Labute approximate surface area is 105 Å². The summed E-state index contributed by atoms with van der Waals surface area (Å²) >= 11 is 1.60. The average Bonchev–Trinajstić information content (AvgIpc) is 3.02. The highest BCUT2D eigenvalue weighted by molar-refractivity contribution is 7.07. The van der Waals surface area contributed by atoms with Crippen molar-refractivity contribution in [2.45, 2.75) is 25.5 Å². The minimum Gasteiger partial charge on any atom is -0.468 e. The molecule has 0 radical (unpaired) electrons. The number of hydrogen-bond donors (Lipinski definition) is 2. The van der Waals surface area contributed by atoms with E-state index >= 15 is 0 Å². The van der Waals surface area contributed by atoms with Crippen molar-refractivity contribution in [3.05, 3.63) is 46.5 Å². The Morgan fingerprint density at radius 1 is 1.47 bits per heavy atom. The van der Waals surface area contributed by atoms with Crippen LogP contribution in [0, 0.1) is 0 Å². The maximum Gasteiger partial charge on any atom is 0.120 e. The molecule has 2 aromatic heterocycles. The molecule has 2 unspecified atom stereocenters. The van der Waals surface area contributed by atoms with Crippen molar-refractivity contribution in [1.29, 1.82) is 0 Å². The van der Waals surface area contributed by atoms with Gasteiger partial charge in [-0.1, -0.05) is 6.92 Å². The summed E-state index contributed by atoms with van der Waals surface area (Å²) in [5, 5.41) is 17.2. The Bertz CT molecular complexity index is 411. The zero-order chi connectivity index (χ0) is 12.1. The number of rotatable bonds is 6. The molecule has 0 bridgehead atoms. The van der Waals surface area contributed by atoms with E-state index in [4.69, 9.17) is 4.42 Å². The van der Waals surface area contributed by atoms with Gasteiger partial charge in [0, 0.05) is 6.54 Å². The third-order valence-corrected chi connectivity index (χ3v) is 3.48. The van der Waals surface area contributed by atoms with E-state index in [9.17, 15) is 5.11 Å². The van der Waals surface area contributed by atoms with Gasteiger partial charge in [0.2, 0.25) is 0 Å². The lowest BCUT2D eigenvalue weighted by molar-refractivity contribution is 0.168. The Balaban J connectivity index is 1.88. The van der Waals surface area contributed by atoms with E-state index in [1.807, 2.05) is 29.0 Å². The van der Waals surface area contributed by atoms with Crippen molar-refractivity contribution in [3.8, 4) is 0 Å². The number of furan rings is 1. The van der Waals surface area contributed by atoms with Gasteiger partial charge < -0.3 is 14.8 Å². The molecule has 0 aromatic carbocycles. The summed E-state index contributed by atoms with van der Waals surface area (Å²) in [6.45, 7) is 2.63. The van der Waals surface area contributed by atoms with Gasteiger partial charge in [-0.25, -0.2) is 0 Å². The minimum atomic E-state index is -0.453. The van der Waals surface area contributed by atoms with Crippen LogP contribution in [0.1, 0.15) is 36.8 Å². The minimum absolute atomic E-state index is 0.165. The van der Waals surface area contributed by atoms with Gasteiger partial charge in [0.25, 0.3) is 0 Å². The van der Waals surface area contributed by atoms with E-state index in [2.05, 4.69) is 12.2 Å². The molecule has 2 heterocycles. The second kappa shape index (κ2) is 6.00. The molecule has 2 atom stereocenters. The fourth-order valence-electron chi connectivity index (χ4n) is 1.77. The molecule has 0 saturated heterocycles. The zero-order valence-corrected chi connectivity index (χ0v) is 10.6. The molecule has 4 heteroatoms. The van der Waals surface area contributed by atoms with Gasteiger partial charge in [0.1, 0.15) is 5.76 Å². The quantitative estimate of drug-likeness (QED) is 0.829. The topological polar surface area (TPSA) is 45.4 Å². The van der Waals surface area contributed by atoms with Crippen molar-refractivity contribution in [3.63, 3.8) is 0 Å². The molecule has 2 aromatic rings. The van der Waals surface area contributed by atoms with Crippen LogP contribution in [-0.2, 0) is 0 Å². The third kappa shape index (κ3) is 3.19. The largest absolute Gasteiger partial charge is 0.468 e. The summed E-state index contributed by atoms with van der Waals surface area (Å²) in [6, 6.07) is 5.95.